The van der Waals surface area contributed by atoms with Crippen LogP contribution < -0.4 is 16.9 Å². The van der Waals surface area contributed by atoms with Crippen molar-refractivity contribution in [2.75, 3.05) is 5.75 Å². The summed E-state index contributed by atoms with van der Waals surface area (Å²) in [6.45, 7) is 0. The Labute approximate surface area is 137 Å². The molecule has 0 unspecified atom stereocenters. The van der Waals surface area contributed by atoms with Crippen LogP contribution in [0.1, 0.15) is 5.56 Å². The number of amides is 1. The van der Waals surface area contributed by atoms with Crippen LogP contribution in [0.4, 0.5) is 0 Å². The minimum absolute atomic E-state index is 0.289. The number of hydrogen-bond acceptors (Lipinski definition) is 6. The SMILES string of the molecule is NNC(=O)CS(=O)(=O)Cc1cc(=O)oc2c1ccc1ccccc12. The molecule has 0 fully saturated rings. The number of hydrazine groups is 1. The number of nitrogens with one attached hydrogen (secondary N) is 1. The predicted octanol–water partition coefficient (Wildman–Crippen LogP) is 0.851. The highest BCUT2D eigenvalue weighted by molar-refractivity contribution is 7.91. The van der Waals surface area contributed by atoms with Gasteiger partial charge in [-0.2, -0.15) is 0 Å². The van der Waals surface area contributed by atoms with E-state index in [9.17, 15) is 18.0 Å². The molecule has 1 heterocycles. The third-order valence-electron chi connectivity index (χ3n) is 3.61. The maximum atomic E-state index is 12.1. The Morgan fingerprint density at radius 3 is 2.62 bits per heavy atom. The fourth-order valence-corrected chi connectivity index (χ4v) is 3.90. The van der Waals surface area contributed by atoms with Crippen molar-refractivity contribution in [2.24, 2.45) is 5.84 Å². The minimum Gasteiger partial charge on any atom is -0.422 e. The lowest BCUT2D eigenvalue weighted by molar-refractivity contribution is -0.118. The Hall–Kier alpha value is -2.71. The zero-order chi connectivity index (χ0) is 17.3. The van der Waals surface area contributed by atoms with E-state index in [-0.39, 0.29) is 5.56 Å². The van der Waals surface area contributed by atoms with E-state index in [0.717, 1.165) is 11.5 Å². The van der Waals surface area contributed by atoms with E-state index in [4.69, 9.17) is 10.3 Å². The molecule has 1 aromatic heterocycles. The van der Waals surface area contributed by atoms with Crippen LogP contribution in [0.15, 0.2) is 51.7 Å². The van der Waals surface area contributed by atoms with Crippen molar-refractivity contribution in [1.29, 1.82) is 0 Å². The quantitative estimate of drug-likeness (QED) is 0.238. The lowest BCUT2D eigenvalue weighted by atomic mass is 10.0. The number of carbonyl (C=O) groups is 1. The highest BCUT2D eigenvalue weighted by Crippen LogP contribution is 2.27. The number of rotatable bonds is 4. The van der Waals surface area contributed by atoms with Crippen LogP contribution in [0.5, 0.6) is 0 Å². The van der Waals surface area contributed by atoms with Gasteiger partial charge < -0.3 is 4.42 Å². The van der Waals surface area contributed by atoms with Gasteiger partial charge in [-0.3, -0.25) is 10.2 Å². The van der Waals surface area contributed by atoms with E-state index in [2.05, 4.69) is 0 Å². The van der Waals surface area contributed by atoms with Crippen molar-refractivity contribution in [3.8, 4) is 0 Å². The molecule has 124 valence electrons. The molecule has 0 saturated carbocycles. The van der Waals surface area contributed by atoms with Crippen LogP contribution in [0, 0.1) is 0 Å². The van der Waals surface area contributed by atoms with Gasteiger partial charge in [-0.25, -0.2) is 19.1 Å². The zero-order valence-electron chi connectivity index (χ0n) is 12.5. The molecule has 0 radical (unpaired) electrons. The number of sulfone groups is 1. The number of fused-ring (bicyclic) bond motifs is 3. The van der Waals surface area contributed by atoms with Gasteiger partial charge in [-0.15, -0.1) is 0 Å². The highest BCUT2D eigenvalue weighted by atomic mass is 32.2. The van der Waals surface area contributed by atoms with Gasteiger partial charge in [0.15, 0.2) is 9.84 Å². The average Bonchev–Trinajstić information content (AvgIpc) is 2.53. The molecule has 0 aliphatic carbocycles. The smallest absolute Gasteiger partial charge is 0.336 e. The summed E-state index contributed by atoms with van der Waals surface area (Å²) in [6.07, 6.45) is 0. The summed E-state index contributed by atoms with van der Waals surface area (Å²) >= 11 is 0. The highest BCUT2D eigenvalue weighted by Gasteiger charge is 2.19. The molecule has 3 rings (SSSR count). The number of benzene rings is 2. The molecule has 8 heteroatoms. The van der Waals surface area contributed by atoms with Gasteiger partial charge in [0.2, 0.25) is 5.91 Å². The van der Waals surface area contributed by atoms with Gasteiger partial charge in [0.25, 0.3) is 0 Å². The van der Waals surface area contributed by atoms with Crippen LogP contribution in [0.2, 0.25) is 0 Å². The Balaban J connectivity index is 2.17. The molecule has 3 N–H and O–H groups in total. The van der Waals surface area contributed by atoms with Gasteiger partial charge in [-0.05, 0) is 10.9 Å². The third-order valence-corrected chi connectivity index (χ3v) is 5.06. The molecular weight excluding hydrogens is 332 g/mol. The van der Waals surface area contributed by atoms with Crippen LogP contribution in [0.3, 0.4) is 0 Å². The molecule has 0 bridgehead atoms. The first-order valence-corrected chi connectivity index (χ1v) is 8.86. The molecule has 0 spiro atoms. The average molecular weight is 346 g/mol. The molecule has 0 aliphatic rings. The van der Waals surface area contributed by atoms with Crippen molar-refractivity contribution in [3.05, 3.63) is 58.4 Å². The lowest BCUT2D eigenvalue weighted by Crippen LogP contribution is -2.35. The van der Waals surface area contributed by atoms with E-state index in [0.29, 0.717) is 16.4 Å². The first-order chi connectivity index (χ1) is 11.4. The second-order valence-corrected chi connectivity index (χ2v) is 7.42. The van der Waals surface area contributed by atoms with Crippen LogP contribution in [0.25, 0.3) is 21.7 Å². The van der Waals surface area contributed by atoms with E-state index in [1.54, 1.807) is 23.6 Å². The Kier molecular flexibility index (Phi) is 4.08. The van der Waals surface area contributed by atoms with Crippen LogP contribution >= 0.6 is 0 Å². The predicted molar refractivity (Wildman–Crippen MR) is 89.8 cm³/mol. The van der Waals surface area contributed by atoms with Gasteiger partial charge in [0, 0.05) is 16.8 Å². The summed E-state index contributed by atoms with van der Waals surface area (Å²) in [5.41, 5.74) is 1.75. The Morgan fingerprint density at radius 2 is 1.88 bits per heavy atom. The first-order valence-electron chi connectivity index (χ1n) is 7.04. The largest absolute Gasteiger partial charge is 0.422 e. The van der Waals surface area contributed by atoms with Crippen LogP contribution in [-0.2, 0) is 20.4 Å². The summed E-state index contributed by atoms with van der Waals surface area (Å²) in [4.78, 5) is 23.1. The van der Waals surface area contributed by atoms with Crippen molar-refractivity contribution in [2.45, 2.75) is 5.75 Å². The standard InChI is InChI=1S/C16H14N2O5S/c17-18-14(19)9-24(21,22)8-11-7-15(20)23-16-12-4-2-1-3-10(12)5-6-13(11)16/h1-7H,8-9,17H2,(H,18,19). The molecule has 0 atom stereocenters. The molecule has 2 aromatic carbocycles. The van der Waals surface area contributed by atoms with Crippen molar-refractivity contribution < 1.29 is 17.6 Å². The van der Waals surface area contributed by atoms with Crippen molar-refractivity contribution >= 4 is 37.5 Å². The Bertz CT molecular complexity index is 1100. The number of hydrogen-bond donors (Lipinski definition) is 2. The number of nitrogens with two attached hydrogens (primary N) is 1. The number of carbonyl (C=O) groups excluding carboxylic acids is 1. The van der Waals surface area contributed by atoms with Gasteiger partial charge in [0.1, 0.15) is 11.3 Å². The topological polar surface area (TPSA) is 119 Å². The normalized spacial score (nSPS) is 11.7. The van der Waals surface area contributed by atoms with E-state index >= 15 is 0 Å². The monoisotopic (exact) mass is 346 g/mol. The molecule has 3 aromatic rings. The van der Waals surface area contributed by atoms with Gasteiger partial charge in [0.05, 0.1) is 5.75 Å². The summed E-state index contributed by atoms with van der Waals surface area (Å²) in [5.74, 6) is 2.90. The fourth-order valence-electron chi connectivity index (χ4n) is 2.60. The molecule has 1 amide bonds. The van der Waals surface area contributed by atoms with Crippen LogP contribution in [-0.4, -0.2) is 20.1 Å². The molecule has 24 heavy (non-hydrogen) atoms. The second kappa shape index (κ2) is 6.06. The van der Waals surface area contributed by atoms with E-state index in [1.165, 1.54) is 0 Å². The van der Waals surface area contributed by atoms with Crippen molar-refractivity contribution in [1.82, 2.24) is 5.43 Å². The van der Waals surface area contributed by atoms with Gasteiger partial charge >= 0.3 is 5.63 Å². The zero-order valence-corrected chi connectivity index (χ0v) is 13.3. The third kappa shape index (κ3) is 3.15. The Morgan fingerprint density at radius 1 is 1.12 bits per heavy atom. The molecule has 7 nitrogen and oxygen atoms in total. The summed E-state index contributed by atoms with van der Waals surface area (Å²) in [6, 6.07) is 12.0. The van der Waals surface area contributed by atoms with E-state index in [1.807, 2.05) is 18.2 Å². The van der Waals surface area contributed by atoms with E-state index < -0.39 is 32.9 Å². The maximum Gasteiger partial charge on any atom is 0.336 e. The van der Waals surface area contributed by atoms with Gasteiger partial charge in [-0.1, -0.05) is 36.4 Å². The maximum absolute atomic E-state index is 12.1. The molecule has 0 aliphatic heterocycles. The fraction of sp³-hybridized carbons (Fsp3) is 0.125. The summed E-state index contributed by atoms with van der Waals surface area (Å²) in [7, 11) is -3.78. The molecular formula is C16H14N2O5S. The second-order valence-electron chi connectivity index (χ2n) is 5.35. The first kappa shape index (κ1) is 16.2. The lowest BCUT2D eigenvalue weighted by Gasteiger charge is -2.08. The van der Waals surface area contributed by atoms with Crippen molar-refractivity contribution in [3.63, 3.8) is 0 Å². The summed E-state index contributed by atoms with van der Waals surface area (Å²) < 4.78 is 29.6. The summed E-state index contributed by atoms with van der Waals surface area (Å²) in [5, 5.41) is 2.10. The minimum atomic E-state index is -3.78. The molecule has 0 saturated heterocycles.